The van der Waals surface area contributed by atoms with Crippen LogP contribution in [0.2, 0.25) is 0 Å². The van der Waals surface area contributed by atoms with Crippen LogP contribution in [0.5, 0.6) is 0 Å². The van der Waals surface area contributed by atoms with E-state index in [0.717, 1.165) is 64.0 Å². The molecule has 3 heterocycles. The maximum atomic E-state index is 12.5. The number of methoxy groups -OCH3 is 2. The number of fused-ring (bicyclic) bond motifs is 22. The Kier molecular flexibility index (Phi) is 13.4. The average molecular weight is 1260 g/mol. The Morgan fingerprint density at radius 3 is 1.31 bits per heavy atom. The lowest BCUT2D eigenvalue weighted by atomic mass is 9.78. The Balaban J connectivity index is 0.000000126. The minimum absolute atomic E-state index is 0.282. The molecule has 8 nitrogen and oxygen atoms in total. The van der Waals surface area contributed by atoms with Crippen LogP contribution in [0.4, 0.5) is 0 Å². The van der Waals surface area contributed by atoms with Crippen molar-refractivity contribution in [2.75, 3.05) is 14.2 Å². The van der Waals surface area contributed by atoms with Gasteiger partial charge in [-0.05, 0) is 214 Å². The molecule has 17 rings (SSSR count). The number of esters is 2. The quantitative estimate of drug-likeness (QED) is 0.0744. The molecule has 0 radical (unpaired) electrons. The maximum Gasteiger partial charge on any atom is 0.494 e. The van der Waals surface area contributed by atoms with Crippen LogP contribution >= 0.6 is 22.6 Å². The van der Waals surface area contributed by atoms with Gasteiger partial charge >= 0.3 is 19.1 Å². The summed E-state index contributed by atoms with van der Waals surface area (Å²) >= 11 is 2.10. The van der Waals surface area contributed by atoms with Gasteiger partial charge in [0.2, 0.25) is 0 Å². The molecule has 1 fully saturated rings. The van der Waals surface area contributed by atoms with Crippen molar-refractivity contribution in [3.05, 3.63) is 245 Å². The van der Waals surface area contributed by atoms with Crippen LogP contribution in [0, 0.1) is 3.57 Å². The molecule has 0 atom stereocenters. The molecule has 0 bridgehead atoms. The number of benzene rings is 14. The van der Waals surface area contributed by atoms with Gasteiger partial charge in [0, 0.05) is 25.1 Å². The first-order valence-corrected chi connectivity index (χ1v) is 30.5. The van der Waals surface area contributed by atoms with Crippen LogP contribution in [0.25, 0.3) is 141 Å². The van der Waals surface area contributed by atoms with E-state index >= 15 is 0 Å². The standard InChI is InChI=1S/C36H22O3.C34H27BO3.C8H7IO2/c1-38-36(37)28-13-7-4-9-23(28)22-15-17-33-31(18-22)32-19-29-25-11-5-6-12-26(25)35-24-10-3-2-8-21(24)14-16-27(35)30(29)20-34(32)39-33;1-33(2)34(3,4)38-35(37-33)21-14-16-30-28(17-21)29-18-26-23-11-7-8-12-24(23)32-22-10-6-5-9-20(22)13-15-25(32)27(26)19-31(29)36-30;1-11-8(10)6-4-2-3-5-7(6)9/h2-20H,1H3;5-19H,1-4H3;2-5H,1H3. The van der Waals surface area contributed by atoms with Crippen molar-refractivity contribution in [3.63, 3.8) is 0 Å². The second-order valence-electron chi connectivity index (χ2n) is 23.6. The van der Waals surface area contributed by atoms with Crippen molar-refractivity contribution in [1.29, 1.82) is 0 Å². The van der Waals surface area contributed by atoms with Gasteiger partial charge in [0.05, 0.1) is 36.5 Å². The zero-order chi connectivity index (χ0) is 60.2. The number of hydrogen-bond acceptors (Lipinski definition) is 8. The van der Waals surface area contributed by atoms with E-state index in [1.165, 1.54) is 100 Å². The maximum absolute atomic E-state index is 12.5. The molecule has 16 aromatic rings. The molecule has 2 aromatic heterocycles. The summed E-state index contributed by atoms with van der Waals surface area (Å²) in [6, 6.07) is 79.8. The van der Waals surface area contributed by atoms with Crippen LogP contribution in [0.3, 0.4) is 0 Å². The van der Waals surface area contributed by atoms with E-state index in [2.05, 4.69) is 219 Å². The van der Waals surface area contributed by atoms with E-state index in [9.17, 15) is 9.59 Å². The summed E-state index contributed by atoms with van der Waals surface area (Å²) in [4.78, 5) is 23.5. The summed E-state index contributed by atoms with van der Waals surface area (Å²) < 4.78 is 36.0. The molecule has 0 unspecified atom stereocenters. The molecule has 0 N–H and O–H groups in total. The Morgan fingerprint density at radius 1 is 0.364 bits per heavy atom. The number of carbonyl (C=O) groups is 2. The van der Waals surface area contributed by atoms with Gasteiger partial charge in [0.15, 0.2) is 0 Å². The molecule has 0 spiro atoms. The van der Waals surface area contributed by atoms with E-state index in [1.54, 1.807) is 12.1 Å². The molecule has 0 saturated carbocycles. The third-order valence-corrected chi connectivity index (χ3v) is 19.0. The molecule has 0 amide bonds. The normalized spacial score (nSPS) is 13.8. The van der Waals surface area contributed by atoms with Gasteiger partial charge in [-0.15, -0.1) is 0 Å². The zero-order valence-corrected chi connectivity index (χ0v) is 51.3. The van der Waals surface area contributed by atoms with Crippen molar-refractivity contribution in [2.45, 2.75) is 38.9 Å². The van der Waals surface area contributed by atoms with E-state index < -0.39 is 7.12 Å². The largest absolute Gasteiger partial charge is 0.494 e. The highest BCUT2D eigenvalue weighted by Crippen LogP contribution is 2.45. The SMILES string of the molecule is CC1(C)OB(c2ccc3oc4cc5c(cc4c3c2)c2ccccc2c2c3ccccc3ccc52)OC1(C)C.COC(=O)c1ccccc1-c1ccc2oc3cc4c(cc3c2c1)c1ccccc1c1c2ccccc2ccc41.COC(=O)c1ccccc1I. The summed E-state index contributed by atoms with van der Waals surface area (Å²) in [5.41, 5.74) is 6.62. The minimum Gasteiger partial charge on any atom is -0.465 e. The number of furan rings is 2. The van der Waals surface area contributed by atoms with Gasteiger partial charge in [-0.3, -0.25) is 0 Å². The Morgan fingerprint density at radius 2 is 0.773 bits per heavy atom. The van der Waals surface area contributed by atoms with E-state index in [4.69, 9.17) is 22.9 Å². The van der Waals surface area contributed by atoms with Gasteiger partial charge in [0.1, 0.15) is 22.3 Å². The van der Waals surface area contributed by atoms with Crippen molar-refractivity contribution in [2.24, 2.45) is 0 Å². The molecular weight excluding hydrogens is 1200 g/mol. The summed E-state index contributed by atoms with van der Waals surface area (Å²) in [5.74, 6) is -0.630. The fraction of sp³-hybridized carbons (Fsp3) is 0.103. The van der Waals surface area contributed by atoms with E-state index in [1.807, 2.05) is 54.6 Å². The summed E-state index contributed by atoms with van der Waals surface area (Å²) in [6.07, 6.45) is 0. The summed E-state index contributed by atoms with van der Waals surface area (Å²) in [6.45, 7) is 8.35. The lowest BCUT2D eigenvalue weighted by Crippen LogP contribution is -2.41. The number of rotatable bonds is 4. The summed E-state index contributed by atoms with van der Waals surface area (Å²) in [5, 5.41) is 24.1. The first kappa shape index (κ1) is 55.0. The molecule has 14 aromatic carbocycles. The predicted octanol–water partition coefficient (Wildman–Crippen LogP) is 20.2. The molecule has 1 aliphatic rings. The lowest BCUT2D eigenvalue weighted by Gasteiger charge is -2.32. The van der Waals surface area contributed by atoms with Crippen molar-refractivity contribution >= 4 is 177 Å². The van der Waals surface area contributed by atoms with Crippen molar-refractivity contribution < 1.29 is 37.2 Å². The van der Waals surface area contributed by atoms with Gasteiger partial charge in [-0.1, -0.05) is 170 Å². The highest BCUT2D eigenvalue weighted by atomic mass is 127. The smallest absolute Gasteiger partial charge is 0.465 e. The zero-order valence-electron chi connectivity index (χ0n) is 49.2. The second kappa shape index (κ2) is 21.4. The number of halogens is 1. The molecule has 0 aliphatic carbocycles. The molecule has 426 valence electrons. The first-order chi connectivity index (χ1) is 42.8. The molecular formula is C78H56BIO8. The van der Waals surface area contributed by atoms with Gasteiger partial charge in [-0.2, -0.15) is 0 Å². The third-order valence-electron chi connectivity index (χ3n) is 18.1. The topological polar surface area (TPSA) is 97.3 Å². The number of hydrogen-bond donors (Lipinski definition) is 0. The first-order valence-electron chi connectivity index (χ1n) is 29.4. The van der Waals surface area contributed by atoms with Gasteiger partial charge in [0.25, 0.3) is 0 Å². The van der Waals surface area contributed by atoms with Crippen LogP contribution < -0.4 is 5.46 Å². The van der Waals surface area contributed by atoms with Gasteiger partial charge < -0.3 is 27.6 Å². The molecule has 1 aliphatic heterocycles. The number of carbonyl (C=O) groups excluding carboxylic acids is 2. The highest BCUT2D eigenvalue weighted by molar-refractivity contribution is 14.1. The highest BCUT2D eigenvalue weighted by Gasteiger charge is 2.51. The predicted molar refractivity (Wildman–Crippen MR) is 370 cm³/mol. The van der Waals surface area contributed by atoms with Crippen molar-refractivity contribution in [3.8, 4) is 11.1 Å². The van der Waals surface area contributed by atoms with Crippen LogP contribution in [0.15, 0.2) is 239 Å². The van der Waals surface area contributed by atoms with Crippen molar-refractivity contribution in [1.82, 2.24) is 0 Å². The average Bonchev–Trinajstić information content (AvgIpc) is 1.52. The Hall–Kier alpha value is -9.59. The Bertz CT molecular complexity index is 5570. The van der Waals surface area contributed by atoms with Crippen LogP contribution in [-0.4, -0.2) is 44.5 Å². The second-order valence-corrected chi connectivity index (χ2v) is 24.7. The third kappa shape index (κ3) is 9.03. The minimum atomic E-state index is -0.409. The molecule has 88 heavy (non-hydrogen) atoms. The summed E-state index contributed by atoms with van der Waals surface area (Å²) in [7, 11) is 2.38. The van der Waals surface area contributed by atoms with E-state index in [-0.39, 0.29) is 23.1 Å². The lowest BCUT2D eigenvalue weighted by molar-refractivity contribution is 0.00578. The fourth-order valence-electron chi connectivity index (χ4n) is 13.1. The molecule has 1 saturated heterocycles. The monoisotopic (exact) mass is 1260 g/mol. The Labute approximate surface area is 520 Å². The number of ether oxygens (including phenoxy) is 2. The van der Waals surface area contributed by atoms with Crippen LogP contribution in [0.1, 0.15) is 48.4 Å². The van der Waals surface area contributed by atoms with Gasteiger partial charge in [-0.25, -0.2) is 9.59 Å². The van der Waals surface area contributed by atoms with E-state index in [0.29, 0.717) is 11.1 Å². The molecule has 10 heteroatoms. The fourth-order valence-corrected chi connectivity index (χ4v) is 13.7. The van der Waals surface area contributed by atoms with Crippen LogP contribution in [-0.2, 0) is 18.8 Å².